The number of rotatable bonds is 12. The van der Waals surface area contributed by atoms with Crippen molar-refractivity contribution in [1.29, 1.82) is 0 Å². The van der Waals surface area contributed by atoms with Gasteiger partial charge in [-0.1, -0.05) is 6.58 Å². The zero-order chi connectivity index (χ0) is 30.4. The molecule has 220 valence electrons. The van der Waals surface area contributed by atoms with Gasteiger partial charge in [-0.05, 0) is 52.1 Å². The van der Waals surface area contributed by atoms with Gasteiger partial charge < -0.3 is 35.3 Å². The molecular weight excluding hydrogens is 536 g/mol. The molecule has 0 radical (unpaired) electrons. The number of benzene rings is 1. The van der Waals surface area contributed by atoms with E-state index in [1.807, 2.05) is 43.9 Å². The lowest BCUT2D eigenvalue weighted by Crippen LogP contribution is -2.28. The molecule has 1 atom stereocenters. The highest BCUT2D eigenvalue weighted by Crippen LogP contribution is 2.37. The summed E-state index contributed by atoms with van der Waals surface area (Å²) in [6.07, 6.45) is 5.88. The molecule has 4 rings (SSSR count). The predicted octanol–water partition coefficient (Wildman–Crippen LogP) is 4.49. The first kappa shape index (κ1) is 30.0. The molecule has 42 heavy (non-hydrogen) atoms. The minimum Gasteiger partial charge on any atom is -0.494 e. The number of aryl methyl sites for hydroxylation is 1. The monoisotopic (exact) mass is 572 g/mol. The van der Waals surface area contributed by atoms with Gasteiger partial charge in [0.1, 0.15) is 17.0 Å². The molecule has 1 aromatic carbocycles. The van der Waals surface area contributed by atoms with Crippen molar-refractivity contribution < 1.29 is 19.1 Å². The van der Waals surface area contributed by atoms with E-state index in [0.29, 0.717) is 40.6 Å². The summed E-state index contributed by atoms with van der Waals surface area (Å²) < 4.78 is 13.0. The van der Waals surface area contributed by atoms with Gasteiger partial charge in [-0.25, -0.2) is 19.7 Å². The number of ether oxygens (including phenoxy) is 2. The van der Waals surface area contributed by atoms with Crippen LogP contribution in [-0.2, 0) is 16.6 Å². The van der Waals surface area contributed by atoms with E-state index < -0.39 is 5.97 Å². The first-order chi connectivity index (χ1) is 20.1. The summed E-state index contributed by atoms with van der Waals surface area (Å²) in [4.78, 5) is 39.0. The number of hydrogen-bond donors (Lipinski definition) is 4. The lowest BCUT2D eigenvalue weighted by Gasteiger charge is -2.21. The van der Waals surface area contributed by atoms with Crippen LogP contribution < -0.4 is 26.0 Å². The second-order valence-corrected chi connectivity index (χ2v) is 9.96. The van der Waals surface area contributed by atoms with Gasteiger partial charge in [-0.3, -0.25) is 4.79 Å². The highest BCUT2D eigenvalue weighted by Gasteiger charge is 2.23. The van der Waals surface area contributed by atoms with Crippen LogP contribution >= 0.6 is 0 Å². The van der Waals surface area contributed by atoms with Crippen LogP contribution in [0.5, 0.6) is 5.75 Å². The molecule has 4 aromatic rings. The Bertz CT molecular complexity index is 1610. The van der Waals surface area contributed by atoms with Crippen LogP contribution in [0, 0.1) is 0 Å². The SMILES string of the molecule is C=CC(=O)Nc1cc(Nc2ncc(C(=O)OC(C)C)c(-c3cn(C)c4ncccc34)n2)c(OC)cc1NC(C)CNC. The summed E-state index contributed by atoms with van der Waals surface area (Å²) in [5.74, 6) is -0.221. The number of aromatic nitrogens is 4. The smallest absolute Gasteiger partial charge is 0.342 e. The standard InChI is InChI=1S/C30H36N8O4/c1-8-26(39)35-22-12-24(25(41-7)13-23(22)34-18(4)14-31-5)36-30-33-15-20(29(40)42-17(2)3)27(37-30)21-16-38(6)28-19(21)10-9-11-32-28/h8-13,15-18,31,34H,1,14H2,2-7H3,(H,35,39)(H,33,36,37). The lowest BCUT2D eigenvalue weighted by atomic mass is 10.1. The molecule has 0 saturated carbocycles. The molecule has 0 aliphatic rings. The van der Waals surface area contributed by atoms with Crippen LogP contribution in [0.3, 0.4) is 0 Å². The zero-order valence-electron chi connectivity index (χ0n) is 24.6. The van der Waals surface area contributed by atoms with Gasteiger partial charge in [0.15, 0.2) is 0 Å². The maximum atomic E-state index is 13.1. The van der Waals surface area contributed by atoms with Gasteiger partial charge in [0, 0.05) is 55.2 Å². The van der Waals surface area contributed by atoms with E-state index in [0.717, 1.165) is 11.0 Å². The van der Waals surface area contributed by atoms with E-state index in [1.54, 1.807) is 39.3 Å². The van der Waals surface area contributed by atoms with Crippen molar-refractivity contribution in [2.45, 2.75) is 32.9 Å². The molecule has 12 heteroatoms. The van der Waals surface area contributed by atoms with Gasteiger partial charge in [0.05, 0.1) is 36.0 Å². The average Bonchev–Trinajstić information content (AvgIpc) is 3.30. The molecule has 1 unspecified atom stereocenters. The molecule has 0 saturated heterocycles. The van der Waals surface area contributed by atoms with Crippen molar-refractivity contribution in [3.63, 3.8) is 0 Å². The van der Waals surface area contributed by atoms with Gasteiger partial charge >= 0.3 is 5.97 Å². The molecule has 0 aliphatic heterocycles. The third-order valence-corrected chi connectivity index (χ3v) is 6.28. The van der Waals surface area contributed by atoms with Crippen molar-refractivity contribution in [3.05, 3.63) is 61.1 Å². The summed E-state index contributed by atoms with van der Waals surface area (Å²) in [6, 6.07) is 7.30. The summed E-state index contributed by atoms with van der Waals surface area (Å²) in [6.45, 7) is 9.83. The number of nitrogens with one attached hydrogen (secondary N) is 4. The van der Waals surface area contributed by atoms with Gasteiger partial charge in [-0.2, -0.15) is 0 Å². The third kappa shape index (κ3) is 6.66. The Kier molecular flexibility index (Phi) is 9.38. The number of pyridine rings is 1. The van der Waals surface area contributed by atoms with Crippen LogP contribution in [-0.4, -0.2) is 64.2 Å². The highest BCUT2D eigenvalue weighted by molar-refractivity contribution is 6.03. The molecule has 0 aliphatic carbocycles. The van der Waals surface area contributed by atoms with Crippen LogP contribution in [0.15, 0.2) is 55.5 Å². The lowest BCUT2D eigenvalue weighted by molar-refractivity contribution is -0.111. The molecule has 0 fully saturated rings. The van der Waals surface area contributed by atoms with Crippen molar-refractivity contribution in [2.75, 3.05) is 36.7 Å². The first-order valence-electron chi connectivity index (χ1n) is 13.5. The number of fused-ring (bicyclic) bond motifs is 1. The summed E-state index contributed by atoms with van der Waals surface area (Å²) >= 11 is 0. The Hall–Kier alpha value is -4.97. The maximum absolute atomic E-state index is 13.1. The summed E-state index contributed by atoms with van der Waals surface area (Å²) in [5.41, 5.74) is 3.70. The van der Waals surface area contributed by atoms with Crippen LogP contribution in [0.1, 0.15) is 31.1 Å². The van der Waals surface area contributed by atoms with Crippen molar-refractivity contribution in [2.24, 2.45) is 7.05 Å². The van der Waals surface area contributed by atoms with Crippen molar-refractivity contribution in [1.82, 2.24) is 24.8 Å². The number of anilines is 4. The zero-order valence-corrected chi connectivity index (χ0v) is 24.6. The molecule has 3 heterocycles. The molecule has 0 bridgehead atoms. The highest BCUT2D eigenvalue weighted by atomic mass is 16.5. The average molecular weight is 573 g/mol. The van der Waals surface area contributed by atoms with E-state index in [1.165, 1.54) is 12.3 Å². The number of esters is 1. The van der Waals surface area contributed by atoms with Gasteiger partial charge in [0.2, 0.25) is 11.9 Å². The van der Waals surface area contributed by atoms with Crippen molar-refractivity contribution >= 4 is 45.9 Å². The molecular formula is C30H36N8O4. The quantitative estimate of drug-likeness (QED) is 0.142. The Balaban J connectivity index is 1.81. The number of nitrogens with zero attached hydrogens (tertiary/aromatic N) is 4. The predicted molar refractivity (Wildman–Crippen MR) is 164 cm³/mol. The number of carbonyl (C=O) groups excluding carboxylic acids is 2. The second kappa shape index (κ2) is 13.1. The van der Waals surface area contributed by atoms with Crippen LogP contribution in [0.2, 0.25) is 0 Å². The fourth-order valence-electron chi connectivity index (χ4n) is 4.47. The summed E-state index contributed by atoms with van der Waals surface area (Å²) in [5, 5.41) is 13.4. The van der Waals surface area contributed by atoms with Crippen LogP contribution in [0.25, 0.3) is 22.3 Å². The Morgan fingerprint density at radius 3 is 2.62 bits per heavy atom. The molecule has 4 N–H and O–H groups in total. The maximum Gasteiger partial charge on any atom is 0.342 e. The minimum absolute atomic E-state index is 0.0529. The largest absolute Gasteiger partial charge is 0.494 e. The van der Waals surface area contributed by atoms with Gasteiger partial charge in [-0.15, -0.1) is 0 Å². The van der Waals surface area contributed by atoms with Crippen LogP contribution in [0.4, 0.5) is 23.0 Å². The molecule has 3 aromatic heterocycles. The number of hydrogen-bond acceptors (Lipinski definition) is 10. The van der Waals surface area contributed by atoms with Crippen molar-refractivity contribution in [3.8, 4) is 17.0 Å². The topological polar surface area (TPSA) is 144 Å². The minimum atomic E-state index is -0.537. The van der Waals surface area contributed by atoms with E-state index in [2.05, 4.69) is 37.8 Å². The number of amides is 1. The van der Waals surface area contributed by atoms with E-state index in [9.17, 15) is 9.59 Å². The Morgan fingerprint density at radius 1 is 1.14 bits per heavy atom. The molecule has 12 nitrogen and oxygen atoms in total. The molecule has 0 spiro atoms. The fourth-order valence-corrected chi connectivity index (χ4v) is 4.47. The first-order valence-corrected chi connectivity index (χ1v) is 13.5. The fraction of sp³-hybridized carbons (Fsp3) is 0.300. The van der Waals surface area contributed by atoms with E-state index >= 15 is 0 Å². The van der Waals surface area contributed by atoms with E-state index in [-0.39, 0.29) is 29.6 Å². The Labute approximate surface area is 244 Å². The normalized spacial score (nSPS) is 11.7. The second-order valence-electron chi connectivity index (χ2n) is 9.96. The Morgan fingerprint density at radius 2 is 1.93 bits per heavy atom. The van der Waals surface area contributed by atoms with Gasteiger partial charge in [0.25, 0.3) is 0 Å². The van der Waals surface area contributed by atoms with E-state index in [4.69, 9.17) is 14.5 Å². The molecule has 1 amide bonds. The third-order valence-electron chi connectivity index (χ3n) is 6.28. The number of likely N-dealkylation sites (N-methyl/N-ethyl adjacent to an activating group) is 1. The number of methoxy groups -OCH3 is 1. The summed E-state index contributed by atoms with van der Waals surface area (Å²) in [7, 11) is 5.29. The number of carbonyl (C=O) groups is 2.